The van der Waals surface area contributed by atoms with Gasteiger partial charge in [0, 0.05) is 12.1 Å². The minimum absolute atomic E-state index is 0.174. The van der Waals surface area contributed by atoms with E-state index in [1.54, 1.807) is 0 Å². The molecule has 1 saturated carbocycles. The minimum atomic E-state index is -0.244. The molecule has 0 N–H and O–H groups in total. The summed E-state index contributed by atoms with van der Waals surface area (Å²) in [5.41, 5.74) is 1.72. The highest BCUT2D eigenvalue weighted by atomic mass is 35.5. The number of rotatable bonds is 2. The molecule has 4 atom stereocenters. The Morgan fingerprint density at radius 3 is 2.76 bits per heavy atom. The minimum Gasteiger partial charge on any atom is -0.323 e. The molecule has 1 aromatic heterocycles. The second-order valence-electron chi connectivity index (χ2n) is 6.55. The van der Waals surface area contributed by atoms with Crippen molar-refractivity contribution in [2.45, 2.75) is 51.5 Å². The van der Waals surface area contributed by atoms with E-state index in [0.717, 1.165) is 23.7 Å². The number of fused-ring (bicyclic) bond motifs is 1. The SMILES string of the molecule is CC1CCC(n2c(C(C)Cl)nc3cc(F)ccc32)C(C)C1. The zero-order chi connectivity index (χ0) is 15.1. The summed E-state index contributed by atoms with van der Waals surface area (Å²) in [6.07, 6.45) is 3.59. The Kier molecular flexibility index (Phi) is 3.96. The third-order valence-electron chi connectivity index (χ3n) is 4.75. The van der Waals surface area contributed by atoms with Crippen molar-refractivity contribution in [1.82, 2.24) is 9.55 Å². The number of benzene rings is 1. The summed E-state index contributed by atoms with van der Waals surface area (Å²) in [7, 11) is 0. The summed E-state index contributed by atoms with van der Waals surface area (Å²) < 4.78 is 15.7. The Balaban J connectivity index is 2.13. The standard InChI is InChI=1S/C17H22ClFN2/c1-10-4-6-15(11(2)8-10)21-16-7-5-13(19)9-14(16)20-17(21)12(3)18/h5,7,9-12,15H,4,6,8H2,1-3H3. The van der Waals surface area contributed by atoms with Crippen molar-refractivity contribution in [3.63, 3.8) is 0 Å². The molecular weight excluding hydrogens is 287 g/mol. The predicted molar refractivity (Wildman–Crippen MR) is 85.2 cm³/mol. The van der Waals surface area contributed by atoms with E-state index in [1.165, 1.54) is 25.0 Å². The molecule has 0 amide bonds. The summed E-state index contributed by atoms with van der Waals surface area (Å²) in [5.74, 6) is 1.99. The molecule has 1 aliphatic carbocycles. The summed E-state index contributed by atoms with van der Waals surface area (Å²) in [4.78, 5) is 4.59. The van der Waals surface area contributed by atoms with Crippen LogP contribution in [0.2, 0.25) is 0 Å². The first kappa shape index (κ1) is 14.8. The Bertz CT molecular complexity index is 650. The van der Waals surface area contributed by atoms with Gasteiger partial charge in [0.25, 0.3) is 0 Å². The number of hydrogen-bond donors (Lipinski definition) is 0. The molecule has 4 unspecified atom stereocenters. The van der Waals surface area contributed by atoms with Gasteiger partial charge in [0.2, 0.25) is 0 Å². The Hall–Kier alpha value is -1.09. The van der Waals surface area contributed by atoms with Crippen molar-refractivity contribution in [3.8, 4) is 0 Å². The van der Waals surface area contributed by atoms with Crippen LogP contribution >= 0.6 is 11.6 Å². The fraction of sp³-hybridized carbons (Fsp3) is 0.588. The van der Waals surface area contributed by atoms with Gasteiger partial charge in [-0.25, -0.2) is 9.37 Å². The smallest absolute Gasteiger partial charge is 0.127 e. The molecule has 1 aromatic carbocycles. The molecule has 0 spiro atoms. The average molecular weight is 309 g/mol. The van der Waals surface area contributed by atoms with Crippen LogP contribution in [-0.4, -0.2) is 9.55 Å². The van der Waals surface area contributed by atoms with Crippen molar-refractivity contribution >= 4 is 22.6 Å². The van der Waals surface area contributed by atoms with E-state index in [-0.39, 0.29) is 11.2 Å². The van der Waals surface area contributed by atoms with Crippen LogP contribution in [0.3, 0.4) is 0 Å². The molecular formula is C17H22ClFN2. The van der Waals surface area contributed by atoms with Crippen LogP contribution < -0.4 is 0 Å². The fourth-order valence-electron chi connectivity index (χ4n) is 3.75. The lowest BCUT2D eigenvalue weighted by Crippen LogP contribution is -2.26. The van der Waals surface area contributed by atoms with Crippen LogP contribution in [0.1, 0.15) is 57.3 Å². The van der Waals surface area contributed by atoms with Crippen LogP contribution in [0.25, 0.3) is 11.0 Å². The van der Waals surface area contributed by atoms with Crippen LogP contribution in [-0.2, 0) is 0 Å². The molecule has 2 aromatic rings. The first-order valence-electron chi connectivity index (χ1n) is 7.78. The maximum Gasteiger partial charge on any atom is 0.127 e. The first-order chi connectivity index (χ1) is 9.97. The maximum absolute atomic E-state index is 13.5. The Labute approximate surface area is 130 Å². The van der Waals surface area contributed by atoms with Crippen LogP contribution in [0.4, 0.5) is 4.39 Å². The first-order valence-corrected chi connectivity index (χ1v) is 8.22. The molecule has 1 aliphatic rings. The predicted octanol–water partition coefficient (Wildman–Crippen LogP) is 5.47. The lowest BCUT2D eigenvalue weighted by molar-refractivity contribution is 0.208. The summed E-state index contributed by atoms with van der Waals surface area (Å²) in [6, 6.07) is 5.27. The van der Waals surface area contributed by atoms with E-state index < -0.39 is 0 Å². The monoisotopic (exact) mass is 308 g/mol. The molecule has 21 heavy (non-hydrogen) atoms. The Morgan fingerprint density at radius 1 is 1.33 bits per heavy atom. The molecule has 0 radical (unpaired) electrons. The van der Waals surface area contributed by atoms with E-state index in [4.69, 9.17) is 11.6 Å². The van der Waals surface area contributed by atoms with Gasteiger partial charge in [-0.3, -0.25) is 0 Å². The van der Waals surface area contributed by atoms with Gasteiger partial charge in [-0.15, -0.1) is 11.6 Å². The van der Waals surface area contributed by atoms with Gasteiger partial charge in [-0.2, -0.15) is 0 Å². The van der Waals surface area contributed by atoms with Crippen molar-refractivity contribution in [1.29, 1.82) is 0 Å². The zero-order valence-electron chi connectivity index (χ0n) is 12.8. The van der Waals surface area contributed by atoms with Gasteiger partial charge in [0.1, 0.15) is 11.6 Å². The normalized spacial score (nSPS) is 28.0. The highest BCUT2D eigenvalue weighted by Gasteiger charge is 2.30. The van der Waals surface area contributed by atoms with E-state index in [2.05, 4.69) is 23.4 Å². The highest BCUT2D eigenvalue weighted by Crippen LogP contribution is 2.40. The van der Waals surface area contributed by atoms with Gasteiger partial charge in [0.15, 0.2) is 0 Å². The molecule has 0 saturated heterocycles. The van der Waals surface area contributed by atoms with Crippen molar-refractivity contribution in [2.75, 3.05) is 0 Å². The van der Waals surface area contributed by atoms with E-state index in [1.807, 2.05) is 13.0 Å². The fourth-order valence-corrected chi connectivity index (χ4v) is 3.91. The van der Waals surface area contributed by atoms with Crippen LogP contribution in [0.5, 0.6) is 0 Å². The van der Waals surface area contributed by atoms with Gasteiger partial charge < -0.3 is 4.57 Å². The molecule has 2 nitrogen and oxygen atoms in total. The number of halogens is 2. The number of imidazole rings is 1. The molecule has 1 heterocycles. The van der Waals surface area contributed by atoms with Crippen molar-refractivity contribution < 1.29 is 4.39 Å². The van der Waals surface area contributed by atoms with Gasteiger partial charge in [0.05, 0.1) is 16.4 Å². The second-order valence-corrected chi connectivity index (χ2v) is 7.21. The van der Waals surface area contributed by atoms with E-state index in [0.29, 0.717) is 17.5 Å². The molecule has 0 bridgehead atoms. The highest BCUT2D eigenvalue weighted by molar-refractivity contribution is 6.20. The average Bonchev–Trinajstić information content (AvgIpc) is 2.77. The van der Waals surface area contributed by atoms with E-state index in [9.17, 15) is 4.39 Å². The number of hydrogen-bond acceptors (Lipinski definition) is 1. The summed E-state index contributed by atoms with van der Waals surface area (Å²) in [6.45, 7) is 6.56. The molecule has 0 aliphatic heterocycles. The third-order valence-corrected chi connectivity index (χ3v) is 4.95. The van der Waals surface area contributed by atoms with E-state index >= 15 is 0 Å². The number of alkyl halides is 1. The molecule has 1 fully saturated rings. The molecule has 4 heteroatoms. The second kappa shape index (κ2) is 5.60. The van der Waals surface area contributed by atoms with Gasteiger partial charge >= 0.3 is 0 Å². The largest absolute Gasteiger partial charge is 0.323 e. The number of aromatic nitrogens is 2. The van der Waals surface area contributed by atoms with Crippen molar-refractivity contribution in [2.24, 2.45) is 11.8 Å². The summed E-state index contributed by atoms with van der Waals surface area (Å²) >= 11 is 6.34. The summed E-state index contributed by atoms with van der Waals surface area (Å²) in [5, 5.41) is -0.174. The maximum atomic E-state index is 13.5. The quantitative estimate of drug-likeness (QED) is 0.672. The van der Waals surface area contributed by atoms with Gasteiger partial charge in [-0.05, 0) is 50.2 Å². The van der Waals surface area contributed by atoms with Crippen LogP contribution in [0.15, 0.2) is 18.2 Å². The zero-order valence-corrected chi connectivity index (χ0v) is 13.6. The van der Waals surface area contributed by atoms with Gasteiger partial charge in [-0.1, -0.05) is 13.8 Å². The van der Waals surface area contributed by atoms with Crippen LogP contribution in [0, 0.1) is 17.7 Å². The van der Waals surface area contributed by atoms with Crippen molar-refractivity contribution in [3.05, 3.63) is 29.8 Å². The molecule has 114 valence electrons. The topological polar surface area (TPSA) is 17.8 Å². The lowest BCUT2D eigenvalue weighted by Gasteiger charge is -2.35. The number of nitrogens with zero attached hydrogens (tertiary/aromatic N) is 2. The molecule has 3 rings (SSSR count). The third kappa shape index (κ3) is 2.68. The lowest BCUT2D eigenvalue weighted by atomic mass is 9.79. The Morgan fingerprint density at radius 2 is 2.10 bits per heavy atom.